The maximum atomic E-state index is 11.9. The summed E-state index contributed by atoms with van der Waals surface area (Å²) in [4.78, 5) is 11.9. The summed E-state index contributed by atoms with van der Waals surface area (Å²) in [5, 5.41) is 3.46. The van der Waals surface area contributed by atoms with Crippen LogP contribution in [0.3, 0.4) is 0 Å². The summed E-state index contributed by atoms with van der Waals surface area (Å²) in [5.74, 6) is 0.0472. The smallest absolute Gasteiger partial charge is 0.310 e. The van der Waals surface area contributed by atoms with Crippen LogP contribution in [-0.4, -0.2) is 18.1 Å². The Hall–Kier alpha value is -1.35. The van der Waals surface area contributed by atoms with Crippen molar-refractivity contribution >= 4 is 5.97 Å². The first-order valence-corrected chi connectivity index (χ1v) is 6.29. The maximum absolute atomic E-state index is 11.9. The Morgan fingerprint density at radius 1 is 1.29 bits per heavy atom. The van der Waals surface area contributed by atoms with E-state index in [-0.39, 0.29) is 11.9 Å². The van der Waals surface area contributed by atoms with Crippen molar-refractivity contribution in [1.82, 2.24) is 5.32 Å². The molecule has 3 heteroatoms. The average Bonchev–Trinajstić information content (AvgIpc) is 2.99. The van der Waals surface area contributed by atoms with Crippen molar-refractivity contribution in [2.75, 3.05) is 0 Å². The number of nitrogens with one attached hydrogen (secondary N) is 1. The van der Waals surface area contributed by atoms with Gasteiger partial charge in [0.1, 0.15) is 6.61 Å². The number of carbonyl (C=O) groups is 1. The Bertz CT molecular complexity index is 404. The lowest BCUT2D eigenvalue weighted by Crippen LogP contribution is -2.30. The number of hydrogen-bond donors (Lipinski definition) is 1. The lowest BCUT2D eigenvalue weighted by molar-refractivity contribution is -0.150. The van der Waals surface area contributed by atoms with Crippen LogP contribution in [0, 0.1) is 5.92 Å². The van der Waals surface area contributed by atoms with Crippen molar-refractivity contribution in [3.8, 4) is 0 Å². The van der Waals surface area contributed by atoms with Crippen molar-refractivity contribution in [3.05, 3.63) is 35.9 Å². The van der Waals surface area contributed by atoms with Crippen LogP contribution in [0.15, 0.2) is 30.3 Å². The van der Waals surface area contributed by atoms with Gasteiger partial charge in [-0.3, -0.25) is 4.79 Å². The third-order valence-electron chi connectivity index (χ3n) is 3.83. The molecule has 2 fully saturated rings. The number of fused-ring (bicyclic) bond motifs is 2. The van der Waals surface area contributed by atoms with Crippen LogP contribution in [0.1, 0.15) is 24.8 Å². The van der Waals surface area contributed by atoms with Crippen LogP contribution in [-0.2, 0) is 16.1 Å². The summed E-state index contributed by atoms with van der Waals surface area (Å²) in [5.41, 5.74) is 1.05. The molecular weight excluding hydrogens is 214 g/mol. The van der Waals surface area contributed by atoms with Gasteiger partial charge < -0.3 is 10.1 Å². The van der Waals surface area contributed by atoms with Crippen molar-refractivity contribution < 1.29 is 9.53 Å². The summed E-state index contributed by atoms with van der Waals surface area (Å²) in [6, 6.07) is 10.8. The first kappa shape index (κ1) is 10.8. The van der Waals surface area contributed by atoms with Crippen LogP contribution < -0.4 is 5.32 Å². The largest absolute Gasteiger partial charge is 0.461 e. The topological polar surface area (TPSA) is 38.3 Å². The fraction of sp³-hybridized carbons (Fsp3) is 0.500. The molecule has 2 bridgehead atoms. The minimum atomic E-state index is -0.0337. The Morgan fingerprint density at radius 2 is 2.12 bits per heavy atom. The molecule has 3 atom stereocenters. The quantitative estimate of drug-likeness (QED) is 0.807. The molecule has 0 aromatic heterocycles. The van der Waals surface area contributed by atoms with Crippen LogP contribution in [0.2, 0.25) is 0 Å². The Balaban J connectivity index is 1.54. The number of esters is 1. The SMILES string of the molecule is O=C(OCc1ccccc1)C1CC2CCC1N2. The molecule has 1 N–H and O–H groups in total. The van der Waals surface area contributed by atoms with E-state index in [1.165, 1.54) is 6.42 Å². The summed E-state index contributed by atoms with van der Waals surface area (Å²) in [7, 11) is 0. The highest BCUT2D eigenvalue weighted by atomic mass is 16.5. The summed E-state index contributed by atoms with van der Waals surface area (Å²) < 4.78 is 5.39. The van der Waals surface area contributed by atoms with Gasteiger partial charge in [-0.05, 0) is 24.8 Å². The van der Waals surface area contributed by atoms with Crippen molar-refractivity contribution in [2.24, 2.45) is 5.92 Å². The fourth-order valence-corrected chi connectivity index (χ4v) is 2.92. The third kappa shape index (κ3) is 2.20. The molecule has 3 rings (SSSR count). The van der Waals surface area contributed by atoms with E-state index in [1.807, 2.05) is 30.3 Å². The standard InChI is InChI=1S/C14H17NO2/c16-14(12-8-11-6-7-13(12)15-11)17-9-10-4-2-1-3-5-10/h1-5,11-13,15H,6-9H2. The molecule has 1 aromatic rings. The normalized spacial score (nSPS) is 30.5. The van der Waals surface area contributed by atoms with E-state index in [4.69, 9.17) is 4.74 Å². The zero-order valence-electron chi connectivity index (χ0n) is 9.76. The third-order valence-corrected chi connectivity index (χ3v) is 3.83. The molecule has 90 valence electrons. The van der Waals surface area contributed by atoms with Gasteiger partial charge in [-0.15, -0.1) is 0 Å². The van der Waals surface area contributed by atoms with Crippen molar-refractivity contribution in [3.63, 3.8) is 0 Å². The van der Waals surface area contributed by atoms with Crippen LogP contribution >= 0.6 is 0 Å². The molecule has 0 radical (unpaired) electrons. The van der Waals surface area contributed by atoms with Crippen molar-refractivity contribution in [1.29, 1.82) is 0 Å². The lowest BCUT2D eigenvalue weighted by atomic mass is 9.89. The first-order chi connectivity index (χ1) is 8.33. The van der Waals surface area contributed by atoms with Gasteiger partial charge >= 0.3 is 5.97 Å². The predicted octanol–water partition coefficient (Wildman–Crippen LogP) is 1.87. The Morgan fingerprint density at radius 3 is 2.76 bits per heavy atom. The highest BCUT2D eigenvalue weighted by Gasteiger charge is 2.43. The monoisotopic (exact) mass is 231 g/mol. The molecule has 2 saturated heterocycles. The Labute approximate surface area is 101 Å². The van der Waals surface area contributed by atoms with Gasteiger partial charge in [0.2, 0.25) is 0 Å². The molecule has 17 heavy (non-hydrogen) atoms. The second-order valence-corrected chi connectivity index (χ2v) is 4.98. The van der Waals surface area contributed by atoms with E-state index in [9.17, 15) is 4.79 Å². The molecule has 3 nitrogen and oxygen atoms in total. The van der Waals surface area contributed by atoms with E-state index in [2.05, 4.69) is 5.32 Å². The van der Waals surface area contributed by atoms with Crippen molar-refractivity contribution in [2.45, 2.75) is 38.0 Å². The minimum Gasteiger partial charge on any atom is -0.461 e. The molecule has 2 aliphatic rings. The number of rotatable bonds is 3. The van der Waals surface area contributed by atoms with Gasteiger partial charge in [-0.1, -0.05) is 30.3 Å². The predicted molar refractivity (Wildman–Crippen MR) is 64.3 cm³/mol. The zero-order chi connectivity index (χ0) is 11.7. The van der Waals surface area contributed by atoms with Gasteiger partial charge in [0, 0.05) is 12.1 Å². The average molecular weight is 231 g/mol. The summed E-state index contributed by atoms with van der Waals surface area (Å²) >= 11 is 0. The van der Waals surface area contributed by atoms with Gasteiger partial charge in [-0.2, -0.15) is 0 Å². The molecule has 2 heterocycles. The van der Waals surface area contributed by atoms with Gasteiger partial charge in [0.05, 0.1) is 5.92 Å². The minimum absolute atomic E-state index is 0.0337. The van der Waals surface area contributed by atoms with Crippen LogP contribution in [0.4, 0.5) is 0 Å². The van der Waals surface area contributed by atoms with E-state index < -0.39 is 0 Å². The van der Waals surface area contributed by atoms with E-state index in [0.29, 0.717) is 18.7 Å². The molecule has 2 aliphatic heterocycles. The molecule has 0 spiro atoms. The molecule has 1 aromatic carbocycles. The number of ether oxygens (including phenoxy) is 1. The maximum Gasteiger partial charge on any atom is 0.310 e. The molecular formula is C14H17NO2. The lowest BCUT2D eigenvalue weighted by Gasteiger charge is -2.18. The molecule has 3 unspecified atom stereocenters. The highest BCUT2D eigenvalue weighted by molar-refractivity contribution is 5.74. The van der Waals surface area contributed by atoms with Gasteiger partial charge in [0.15, 0.2) is 0 Å². The first-order valence-electron chi connectivity index (χ1n) is 6.29. The van der Waals surface area contributed by atoms with Gasteiger partial charge in [-0.25, -0.2) is 0 Å². The second kappa shape index (κ2) is 4.49. The van der Waals surface area contributed by atoms with E-state index in [1.54, 1.807) is 0 Å². The summed E-state index contributed by atoms with van der Waals surface area (Å²) in [6.45, 7) is 0.396. The number of benzene rings is 1. The van der Waals surface area contributed by atoms with Crippen LogP contribution in [0.5, 0.6) is 0 Å². The van der Waals surface area contributed by atoms with E-state index >= 15 is 0 Å². The number of carbonyl (C=O) groups excluding carboxylic acids is 1. The Kier molecular flexibility index (Phi) is 2.85. The molecule has 0 amide bonds. The van der Waals surface area contributed by atoms with E-state index in [0.717, 1.165) is 18.4 Å². The fourth-order valence-electron chi connectivity index (χ4n) is 2.92. The number of hydrogen-bond acceptors (Lipinski definition) is 3. The van der Waals surface area contributed by atoms with Gasteiger partial charge in [0.25, 0.3) is 0 Å². The van der Waals surface area contributed by atoms with Crippen LogP contribution in [0.25, 0.3) is 0 Å². The second-order valence-electron chi connectivity index (χ2n) is 4.98. The summed E-state index contributed by atoms with van der Waals surface area (Å²) in [6.07, 6.45) is 3.29. The highest BCUT2D eigenvalue weighted by Crippen LogP contribution is 2.33. The molecule has 0 aliphatic carbocycles. The zero-order valence-corrected chi connectivity index (χ0v) is 9.76. The molecule has 0 saturated carbocycles.